The Hall–Kier alpha value is -1.67. The molecule has 1 N–H and O–H groups in total. The van der Waals surface area contributed by atoms with Gasteiger partial charge in [0.2, 0.25) is 0 Å². The Morgan fingerprint density at radius 2 is 1.85 bits per heavy atom. The summed E-state index contributed by atoms with van der Waals surface area (Å²) >= 11 is 0. The third kappa shape index (κ3) is 3.67. The fourth-order valence-electron chi connectivity index (χ4n) is 2.47. The van der Waals surface area contributed by atoms with E-state index in [1.54, 1.807) is 0 Å². The van der Waals surface area contributed by atoms with E-state index in [-0.39, 0.29) is 0 Å². The van der Waals surface area contributed by atoms with Gasteiger partial charge >= 0.3 is 0 Å². The topological polar surface area (TPSA) is 24.9 Å². The molecule has 0 saturated carbocycles. The van der Waals surface area contributed by atoms with Gasteiger partial charge in [0.15, 0.2) is 0 Å². The molecule has 0 saturated heterocycles. The number of likely N-dealkylation sites (N-methyl/N-ethyl adjacent to an activating group) is 1. The zero-order valence-corrected chi connectivity index (χ0v) is 12.7. The Kier molecular flexibility index (Phi) is 5.31. The Bertz CT molecular complexity index is 531. The van der Waals surface area contributed by atoms with Crippen molar-refractivity contribution in [2.24, 2.45) is 0 Å². The number of benzene rings is 1. The molecule has 0 aliphatic heterocycles. The van der Waals surface area contributed by atoms with Crippen molar-refractivity contribution in [3.05, 3.63) is 65.0 Å². The third-order valence-electron chi connectivity index (χ3n) is 3.76. The zero-order valence-electron chi connectivity index (χ0n) is 12.7. The van der Waals surface area contributed by atoms with Crippen molar-refractivity contribution in [2.75, 3.05) is 6.54 Å². The van der Waals surface area contributed by atoms with E-state index >= 15 is 0 Å². The van der Waals surface area contributed by atoms with Crippen LogP contribution >= 0.6 is 0 Å². The molecule has 0 radical (unpaired) electrons. The van der Waals surface area contributed by atoms with Crippen molar-refractivity contribution < 1.29 is 0 Å². The largest absolute Gasteiger partial charge is 0.310 e. The van der Waals surface area contributed by atoms with E-state index in [1.807, 2.05) is 12.3 Å². The van der Waals surface area contributed by atoms with Gasteiger partial charge in [-0.1, -0.05) is 44.2 Å². The lowest BCUT2D eigenvalue weighted by Gasteiger charge is -2.19. The number of aryl methyl sites for hydroxylation is 2. The number of pyridine rings is 1. The van der Waals surface area contributed by atoms with Gasteiger partial charge in [0, 0.05) is 24.4 Å². The van der Waals surface area contributed by atoms with Gasteiger partial charge < -0.3 is 5.32 Å². The average Bonchev–Trinajstić information content (AvgIpc) is 2.49. The van der Waals surface area contributed by atoms with Gasteiger partial charge in [-0.3, -0.25) is 4.98 Å². The molecule has 2 rings (SSSR count). The van der Waals surface area contributed by atoms with Gasteiger partial charge in [-0.05, 0) is 42.6 Å². The summed E-state index contributed by atoms with van der Waals surface area (Å²) in [6.07, 6.45) is 3.91. The fourth-order valence-corrected chi connectivity index (χ4v) is 2.47. The number of rotatable bonds is 6. The highest BCUT2D eigenvalue weighted by Crippen LogP contribution is 2.20. The van der Waals surface area contributed by atoms with Crippen molar-refractivity contribution in [1.29, 1.82) is 0 Å². The summed E-state index contributed by atoms with van der Waals surface area (Å²) < 4.78 is 0. The molecule has 0 spiro atoms. The van der Waals surface area contributed by atoms with Gasteiger partial charge in [-0.2, -0.15) is 0 Å². The second-order valence-electron chi connectivity index (χ2n) is 5.18. The first kappa shape index (κ1) is 14.7. The molecular weight excluding hydrogens is 244 g/mol. The zero-order chi connectivity index (χ0) is 14.4. The maximum Gasteiger partial charge on any atom is 0.0451 e. The van der Waals surface area contributed by atoms with Crippen LogP contribution < -0.4 is 5.32 Å². The van der Waals surface area contributed by atoms with Gasteiger partial charge in [0.25, 0.3) is 0 Å². The summed E-state index contributed by atoms with van der Waals surface area (Å²) in [6, 6.07) is 13.4. The Balaban J connectivity index is 2.19. The summed E-state index contributed by atoms with van der Waals surface area (Å²) in [4.78, 5) is 4.52. The van der Waals surface area contributed by atoms with Crippen LogP contribution in [0.3, 0.4) is 0 Å². The van der Waals surface area contributed by atoms with Crippen molar-refractivity contribution in [2.45, 2.75) is 39.7 Å². The first-order valence-corrected chi connectivity index (χ1v) is 7.47. The average molecular weight is 268 g/mol. The van der Waals surface area contributed by atoms with E-state index < -0.39 is 0 Å². The van der Waals surface area contributed by atoms with Gasteiger partial charge in [-0.25, -0.2) is 0 Å². The van der Waals surface area contributed by atoms with Crippen LogP contribution in [0.25, 0.3) is 0 Å². The molecular formula is C18H24N2. The predicted octanol–water partition coefficient (Wildman–Crippen LogP) is 3.85. The first-order chi connectivity index (χ1) is 9.74. The van der Waals surface area contributed by atoms with E-state index in [9.17, 15) is 0 Å². The number of nitrogens with zero attached hydrogens (tertiary/aromatic N) is 1. The van der Waals surface area contributed by atoms with Crippen LogP contribution in [0.5, 0.6) is 0 Å². The molecule has 2 aromatic rings. The number of aromatic nitrogens is 1. The molecule has 1 heterocycles. The van der Waals surface area contributed by atoms with Crippen LogP contribution in [-0.4, -0.2) is 11.5 Å². The Labute approximate surface area is 122 Å². The molecule has 2 heteroatoms. The monoisotopic (exact) mass is 268 g/mol. The molecule has 0 amide bonds. The van der Waals surface area contributed by atoms with Gasteiger partial charge in [-0.15, -0.1) is 0 Å². The molecule has 0 aliphatic rings. The van der Waals surface area contributed by atoms with Crippen LogP contribution in [0, 0.1) is 6.92 Å². The molecule has 1 unspecified atom stereocenters. The molecule has 0 bridgehead atoms. The van der Waals surface area contributed by atoms with Crippen molar-refractivity contribution in [1.82, 2.24) is 10.3 Å². The second kappa shape index (κ2) is 7.20. The predicted molar refractivity (Wildman–Crippen MR) is 84.9 cm³/mol. The van der Waals surface area contributed by atoms with Crippen LogP contribution in [0.2, 0.25) is 0 Å². The molecule has 20 heavy (non-hydrogen) atoms. The summed E-state index contributed by atoms with van der Waals surface area (Å²) in [7, 11) is 0. The van der Waals surface area contributed by atoms with Gasteiger partial charge in [0.1, 0.15) is 0 Å². The first-order valence-electron chi connectivity index (χ1n) is 7.47. The second-order valence-corrected chi connectivity index (χ2v) is 5.18. The highest BCUT2D eigenvalue weighted by Gasteiger charge is 2.13. The highest BCUT2D eigenvalue weighted by molar-refractivity contribution is 5.27. The molecule has 1 aromatic carbocycles. The maximum atomic E-state index is 4.52. The number of hydrogen-bond acceptors (Lipinski definition) is 2. The lowest BCUT2D eigenvalue weighted by molar-refractivity contribution is 0.542. The van der Waals surface area contributed by atoms with E-state index in [2.05, 4.69) is 61.4 Å². The smallest absolute Gasteiger partial charge is 0.0451 e. The maximum absolute atomic E-state index is 4.52. The standard InChI is InChI=1S/C18H24N2/c1-4-15-8-10-16(11-9-15)18(19-5-2)13-17-14(3)7-6-12-20-17/h6-12,18-19H,4-5,13H2,1-3H3. The van der Waals surface area contributed by atoms with E-state index in [0.717, 1.165) is 19.4 Å². The number of nitrogens with one attached hydrogen (secondary N) is 1. The molecule has 2 nitrogen and oxygen atoms in total. The third-order valence-corrected chi connectivity index (χ3v) is 3.76. The quantitative estimate of drug-likeness (QED) is 0.861. The molecule has 0 aliphatic carbocycles. The minimum Gasteiger partial charge on any atom is -0.310 e. The summed E-state index contributed by atoms with van der Waals surface area (Å²) in [5, 5.41) is 3.57. The van der Waals surface area contributed by atoms with Crippen molar-refractivity contribution in [3.8, 4) is 0 Å². The van der Waals surface area contributed by atoms with Crippen molar-refractivity contribution in [3.63, 3.8) is 0 Å². The van der Waals surface area contributed by atoms with E-state index in [1.165, 1.54) is 22.4 Å². The fraction of sp³-hybridized carbons (Fsp3) is 0.389. The number of hydrogen-bond donors (Lipinski definition) is 1. The molecule has 1 atom stereocenters. The van der Waals surface area contributed by atoms with Crippen LogP contribution in [0.15, 0.2) is 42.6 Å². The van der Waals surface area contributed by atoms with Crippen molar-refractivity contribution >= 4 is 0 Å². The van der Waals surface area contributed by atoms with E-state index in [0.29, 0.717) is 6.04 Å². The summed E-state index contributed by atoms with van der Waals surface area (Å²) in [6.45, 7) is 7.43. The normalized spacial score (nSPS) is 12.3. The lowest BCUT2D eigenvalue weighted by atomic mass is 9.98. The van der Waals surface area contributed by atoms with Crippen LogP contribution in [0.4, 0.5) is 0 Å². The summed E-state index contributed by atoms with van der Waals surface area (Å²) in [5.41, 5.74) is 5.17. The molecule has 1 aromatic heterocycles. The molecule has 0 fully saturated rings. The lowest BCUT2D eigenvalue weighted by Crippen LogP contribution is -2.23. The van der Waals surface area contributed by atoms with Crippen LogP contribution in [0.1, 0.15) is 42.3 Å². The minimum absolute atomic E-state index is 0.333. The van der Waals surface area contributed by atoms with Gasteiger partial charge in [0.05, 0.1) is 0 Å². The van der Waals surface area contributed by atoms with Crippen LogP contribution in [-0.2, 0) is 12.8 Å². The molecule has 106 valence electrons. The highest BCUT2D eigenvalue weighted by atomic mass is 14.9. The minimum atomic E-state index is 0.333. The SMILES string of the molecule is CCNC(Cc1ncccc1C)c1ccc(CC)cc1. The van der Waals surface area contributed by atoms with E-state index in [4.69, 9.17) is 0 Å². The Morgan fingerprint density at radius 3 is 2.45 bits per heavy atom. The Morgan fingerprint density at radius 1 is 1.10 bits per heavy atom. The summed E-state index contributed by atoms with van der Waals surface area (Å²) in [5.74, 6) is 0.